The fourth-order valence-corrected chi connectivity index (χ4v) is 4.83. The Morgan fingerprint density at radius 1 is 0.971 bits per heavy atom. The second-order valence-electron chi connectivity index (χ2n) is 8.82. The largest absolute Gasteiger partial charge is 0.491 e. The van der Waals surface area contributed by atoms with Gasteiger partial charge in [0.25, 0.3) is 11.8 Å². The lowest BCUT2D eigenvalue weighted by Crippen LogP contribution is -2.49. The van der Waals surface area contributed by atoms with Gasteiger partial charge in [-0.2, -0.15) is 0 Å². The SMILES string of the molecule is CNC(=O)C12CCCCN(C(=O)c3ncccn3)CCOc3ccccc3C(=O)N(CC1)CC2. The molecule has 0 radical (unpaired) electrons. The van der Waals surface area contributed by atoms with E-state index >= 15 is 0 Å². The number of rotatable bonds is 2. The van der Waals surface area contributed by atoms with Gasteiger partial charge >= 0.3 is 0 Å². The quantitative estimate of drug-likeness (QED) is 0.729. The molecule has 0 spiro atoms. The van der Waals surface area contributed by atoms with Gasteiger partial charge in [0.15, 0.2) is 0 Å². The van der Waals surface area contributed by atoms with Crippen molar-refractivity contribution in [1.29, 1.82) is 0 Å². The van der Waals surface area contributed by atoms with Gasteiger partial charge in [-0.25, -0.2) is 9.97 Å². The summed E-state index contributed by atoms with van der Waals surface area (Å²) in [5.74, 6) is 0.309. The summed E-state index contributed by atoms with van der Waals surface area (Å²) in [5, 5.41) is 2.83. The summed E-state index contributed by atoms with van der Waals surface area (Å²) in [5.41, 5.74) is -0.00636. The number of aromatic nitrogens is 2. The maximum Gasteiger partial charge on any atom is 0.291 e. The molecule has 4 heterocycles. The van der Waals surface area contributed by atoms with Gasteiger partial charge in [-0.15, -0.1) is 0 Å². The van der Waals surface area contributed by atoms with Gasteiger partial charge in [0.1, 0.15) is 12.4 Å². The number of hydrogen-bond donors (Lipinski definition) is 1. The molecular weight excluding hydrogens is 434 g/mol. The van der Waals surface area contributed by atoms with E-state index in [0.717, 1.165) is 12.8 Å². The minimum Gasteiger partial charge on any atom is -0.491 e. The number of fused-ring (bicyclic) bond motifs is 9. The first kappa shape index (κ1) is 23.7. The van der Waals surface area contributed by atoms with Crippen molar-refractivity contribution >= 4 is 17.7 Å². The zero-order valence-electron chi connectivity index (χ0n) is 19.5. The highest BCUT2D eigenvalue weighted by Crippen LogP contribution is 2.38. The van der Waals surface area contributed by atoms with E-state index in [4.69, 9.17) is 4.74 Å². The van der Waals surface area contributed by atoms with Crippen LogP contribution in [0.3, 0.4) is 0 Å². The summed E-state index contributed by atoms with van der Waals surface area (Å²) in [7, 11) is 1.66. The summed E-state index contributed by atoms with van der Waals surface area (Å²) >= 11 is 0. The van der Waals surface area contributed by atoms with Crippen LogP contribution >= 0.6 is 0 Å². The molecule has 1 aromatic carbocycles. The van der Waals surface area contributed by atoms with E-state index in [1.807, 2.05) is 17.0 Å². The van der Waals surface area contributed by atoms with Crippen molar-refractivity contribution in [2.24, 2.45) is 5.41 Å². The predicted molar refractivity (Wildman–Crippen MR) is 125 cm³/mol. The number of carbonyl (C=O) groups is 3. The van der Waals surface area contributed by atoms with E-state index in [0.29, 0.717) is 56.8 Å². The molecular formula is C25H31N5O4. The van der Waals surface area contributed by atoms with Crippen LogP contribution in [0, 0.1) is 5.41 Å². The number of carbonyl (C=O) groups excluding carboxylic acids is 3. The van der Waals surface area contributed by atoms with Crippen LogP contribution in [0.15, 0.2) is 42.7 Å². The van der Waals surface area contributed by atoms with Crippen LogP contribution in [0.5, 0.6) is 5.75 Å². The normalized spacial score (nSPS) is 18.8. The Morgan fingerprint density at radius 2 is 1.71 bits per heavy atom. The van der Waals surface area contributed by atoms with Crippen LogP contribution in [0.25, 0.3) is 0 Å². The molecule has 3 aliphatic heterocycles. The monoisotopic (exact) mass is 465 g/mol. The third-order valence-electron chi connectivity index (χ3n) is 6.83. The standard InChI is InChI=1S/C25H31N5O4/c1-26-24(33)25-9-4-5-14-29(23(32)21-27-12-6-13-28-21)17-18-34-20-8-3-2-7-19(20)22(31)30(15-10-25)16-11-25/h2-3,6-8,12-13H,4-5,9-11,14-18H2,1H3,(H,26,33). The van der Waals surface area contributed by atoms with Gasteiger partial charge in [-0.1, -0.05) is 18.6 Å². The number of ether oxygens (including phenoxy) is 1. The lowest BCUT2D eigenvalue weighted by Gasteiger charge is -2.40. The van der Waals surface area contributed by atoms with E-state index < -0.39 is 5.41 Å². The predicted octanol–water partition coefficient (Wildman–Crippen LogP) is 2.15. The summed E-state index contributed by atoms with van der Waals surface area (Å²) in [6.45, 7) is 2.14. The lowest BCUT2D eigenvalue weighted by molar-refractivity contribution is -0.133. The number of benzene rings is 1. The number of nitrogens with zero attached hydrogens (tertiary/aromatic N) is 4. The van der Waals surface area contributed by atoms with Crippen LogP contribution in [0.4, 0.5) is 0 Å². The topological polar surface area (TPSA) is 105 Å². The molecule has 2 bridgehead atoms. The molecule has 0 unspecified atom stereocenters. The van der Waals surface area contributed by atoms with Crippen molar-refractivity contribution in [2.45, 2.75) is 32.1 Å². The molecule has 1 saturated heterocycles. The van der Waals surface area contributed by atoms with Crippen molar-refractivity contribution in [3.63, 3.8) is 0 Å². The average molecular weight is 466 g/mol. The van der Waals surface area contributed by atoms with Crippen molar-refractivity contribution in [1.82, 2.24) is 25.1 Å². The summed E-state index contributed by atoms with van der Waals surface area (Å²) in [6, 6.07) is 8.85. The minimum atomic E-state index is -0.501. The molecule has 34 heavy (non-hydrogen) atoms. The first-order valence-electron chi connectivity index (χ1n) is 11.8. The Balaban J connectivity index is 1.60. The fourth-order valence-electron chi connectivity index (χ4n) is 4.83. The van der Waals surface area contributed by atoms with E-state index in [9.17, 15) is 14.4 Å². The van der Waals surface area contributed by atoms with Crippen LogP contribution in [0.2, 0.25) is 0 Å². The van der Waals surface area contributed by atoms with E-state index in [1.165, 1.54) is 0 Å². The van der Waals surface area contributed by atoms with Crippen molar-refractivity contribution in [3.05, 3.63) is 54.1 Å². The van der Waals surface area contributed by atoms with Gasteiger partial charge < -0.3 is 19.9 Å². The number of piperidine rings is 1. The highest BCUT2D eigenvalue weighted by Gasteiger charge is 2.41. The van der Waals surface area contributed by atoms with Crippen LogP contribution in [-0.4, -0.2) is 77.3 Å². The molecule has 9 heteroatoms. The van der Waals surface area contributed by atoms with Gasteiger partial charge in [0.05, 0.1) is 17.5 Å². The molecule has 1 fully saturated rings. The number of amides is 3. The van der Waals surface area contributed by atoms with Crippen molar-refractivity contribution in [3.8, 4) is 5.75 Å². The molecule has 3 amide bonds. The first-order valence-corrected chi connectivity index (χ1v) is 11.8. The molecule has 5 rings (SSSR count). The number of para-hydroxylation sites is 1. The van der Waals surface area contributed by atoms with Gasteiger partial charge in [0, 0.05) is 39.1 Å². The summed E-state index contributed by atoms with van der Waals surface area (Å²) < 4.78 is 5.99. The molecule has 0 atom stereocenters. The average Bonchev–Trinajstić information content (AvgIpc) is 2.90. The molecule has 180 valence electrons. The molecule has 1 aromatic heterocycles. The number of hydrogen-bond acceptors (Lipinski definition) is 6. The molecule has 1 N–H and O–H groups in total. The Bertz CT molecular complexity index is 1020. The zero-order chi connectivity index (χ0) is 24.0. The van der Waals surface area contributed by atoms with E-state index in [2.05, 4.69) is 15.3 Å². The van der Waals surface area contributed by atoms with Crippen molar-refractivity contribution in [2.75, 3.05) is 39.8 Å². The molecule has 9 nitrogen and oxygen atoms in total. The van der Waals surface area contributed by atoms with Gasteiger partial charge in [-0.05, 0) is 43.9 Å². The Kier molecular flexibility index (Phi) is 7.40. The van der Waals surface area contributed by atoms with Gasteiger partial charge in [-0.3, -0.25) is 14.4 Å². The number of nitrogens with one attached hydrogen (secondary N) is 1. The molecule has 3 aliphatic rings. The third-order valence-corrected chi connectivity index (χ3v) is 6.83. The fraction of sp³-hybridized carbons (Fsp3) is 0.480. The third kappa shape index (κ3) is 5.03. The summed E-state index contributed by atoms with van der Waals surface area (Å²) in [4.78, 5) is 50.9. The van der Waals surface area contributed by atoms with Crippen LogP contribution < -0.4 is 10.1 Å². The maximum absolute atomic E-state index is 13.3. The highest BCUT2D eigenvalue weighted by atomic mass is 16.5. The zero-order valence-corrected chi connectivity index (χ0v) is 19.5. The minimum absolute atomic E-state index is 0.0262. The molecule has 0 saturated carbocycles. The summed E-state index contributed by atoms with van der Waals surface area (Å²) in [6.07, 6.45) is 6.57. The highest BCUT2D eigenvalue weighted by molar-refractivity contribution is 5.97. The molecule has 2 aromatic rings. The Hall–Kier alpha value is -3.49. The lowest BCUT2D eigenvalue weighted by atomic mass is 9.73. The van der Waals surface area contributed by atoms with E-state index in [-0.39, 0.29) is 30.2 Å². The maximum atomic E-state index is 13.3. The van der Waals surface area contributed by atoms with E-state index in [1.54, 1.807) is 42.5 Å². The Morgan fingerprint density at radius 3 is 2.44 bits per heavy atom. The first-order chi connectivity index (χ1) is 16.5. The van der Waals surface area contributed by atoms with Gasteiger partial charge in [0.2, 0.25) is 11.7 Å². The second-order valence-corrected chi connectivity index (χ2v) is 8.82. The molecule has 0 aliphatic carbocycles. The van der Waals surface area contributed by atoms with Crippen LogP contribution in [-0.2, 0) is 4.79 Å². The second kappa shape index (κ2) is 10.6. The smallest absolute Gasteiger partial charge is 0.291 e. The van der Waals surface area contributed by atoms with Crippen LogP contribution in [0.1, 0.15) is 53.1 Å². The Labute approximate surface area is 199 Å². The van der Waals surface area contributed by atoms with Crippen molar-refractivity contribution < 1.29 is 19.1 Å².